The summed E-state index contributed by atoms with van der Waals surface area (Å²) in [4.78, 5) is 23.7. The van der Waals surface area contributed by atoms with Gasteiger partial charge in [-0.2, -0.15) is 0 Å². The number of nitrogens with one attached hydrogen (secondary N) is 2. The van der Waals surface area contributed by atoms with Gasteiger partial charge in [0.1, 0.15) is 11.4 Å². The van der Waals surface area contributed by atoms with E-state index >= 15 is 0 Å². The lowest BCUT2D eigenvalue weighted by atomic mass is 9.83. The fraction of sp³-hybridized carbons (Fsp3) is 0.407. The molecule has 1 unspecified atom stereocenters. The topological polar surface area (TPSA) is 76.7 Å². The van der Waals surface area contributed by atoms with E-state index in [1.807, 2.05) is 30.3 Å². The molecule has 2 N–H and O–H groups in total. The molecule has 3 aromatic rings. The van der Waals surface area contributed by atoms with E-state index in [2.05, 4.69) is 35.8 Å². The molecule has 1 fully saturated rings. The Labute approximate surface area is 194 Å². The first-order valence-electron chi connectivity index (χ1n) is 11.7. The fourth-order valence-corrected chi connectivity index (χ4v) is 4.83. The Morgan fingerprint density at radius 2 is 1.61 bits per heavy atom. The van der Waals surface area contributed by atoms with Crippen molar-refractivity contribution >= 4 is 11.4 Å². The number of rotatable bonds is 9. The van der Waals surface area contributed by atoms with E-state index in [1.54, 1.807) is 7.11 Å². The molecule has 0 radical (unpaired) electrons. The van der Waals surface area contributed by atoms with Crippen LogP contribution in [0.3, 0.4) is 0 Å². The van der Waals surface area contributed by atoms with Gasteiger partial charge in [0.05, 0.1) is 20.3 Å². The molecule has 1 saturated carbocycles. The summed E-state index contributed by atoms with van der Waals surface area (Å²) in [5, 5.41) is 6.95. The summed E-state index contributed by atoms with van der Waals surface area (Å²) in [7, 11) is 3.06. The number of hydrogen-bond acceptors (Lipinski definition) is 6. The van der Waals surface area contributed by atoms with Crippen molar-refractivity contribution in [2.75, 3.05) is 19.5 Å². The first-order valence-corrected chi connectivity index (χ1v) is 11.7. The summed E-state index contributed by atoms with van der Waals surface area (Å²) in [6, 6.07) is 16.4. The third-order valence-corrected chi connectivity index (χ3v) is 6.80. The van der Waals surface area contributed by atoms with Crippen molar-refractivity contribution in [1.82, 2.24) is 5.32 Å². The van der Waals surface area contributed by atoms with Crippen LogP contribution in [0.15, 0.2) is 58.1 Å². The maximum atomic E-state index is 12.0. The van der Waals surface area contributed by atoms with Gasteiger partial charge in [0.2, 0.25) is 0 Å². The maximum Gasteiger partial charge on any atom is 0.272 e. The Hall–Kier alpha value is -3.12. The van der Waals surface area contributed by atoms with Gasteiger partial charge in [-0.05, 0) is 61.1 Å². The van der Waals surface area contributed by atoms with Crippen molar-refractivity contribution in [3.63, 3.8) is 0 Å². The van der Waals surface area contributed by atoms with Crippen LogP contribution >= 0.6 is 0 Å². The van der Waals surface area contributed by atoms with Crippen molar-refractivity contribution in [2.45, 2.75) is 51.1 Å². The molecule has 0 spiro atoms. The molecular formula is C27H32N2O4. The quantitative estimate of drug-likeness (QED) is 0.463. The van der Waals surface area contributed by atoms with E-state index in [0.29, 0.717) is 12.0 Å². The van der Waals surface area contributed by atoms with Crippen LogP contribution in [0.1, 0.15) is 56.2 Å². The lowest BCUT2D eigenvalue weighted by Gasteiger charge is -2.32. The molecule has 3 aromatic carbocycles. The van der Waals surface area contributed by atoms with Crippen molar-refractivity contribution in [3.05, 3.63) is 80.1 Å². The first-order chi connectivity index (χ1) is 16.0. The molecule has 0 aromatic heterocycles. The molecule has 174 valence electrons. The number of benzene rings is 2. The third-order valence-electron chi connectivity index (χ3n) is 6.80. The monoisotopic (exact) mass is 448 g/mol. The van der Waals surface area contributed by atoms with Crippen molar-refractivity contribution in [1.29, 1.82) is 0 Å². The van der Waals surface area contributed by atoms with Gasteiger partial charge >= 0.3 is 0 Å². The van der Waals surface area contributed by atoms with Crippen LogP contribution < -0.4 is 31.0 Å². The molecule has 1 aliphatic rings. The van der Waals surface area contributed by atoms with Crippen molar-refractivity contribution in [3.8, 4) is 11.5 Å². The Morgan fingerprint density at radius 3 is 2.27 bits per heavy atom. The molecule has 0 heterocycles. The minimum atomic E-state index is -0.588. The molecule has 6 nitrogen and oxygen atoms in total. The normalized spacial score (nSPS) is 16.3. The number of anilines is 2. The minimum Gasteiger partial charge on any atom is -0.497 e. The van der Waals surface area contributed by atoms with E-state index in [4.69, 9.17) is 9.47 Å². The second-order valence-electron chi connectivity index (χ2n) is 8.88. The maximum absolute atomic E-state index is 12.0. The van der Waals surface area contributed by atoms with Crippen LogP contribution in [0, 0.1) is 5.92 Å². The second kappa shape index (κ2) is 10.2. The highest BCUT2D eigenvalue weighted by atomic mass is 16.5. The van der Waals surface area contributed by atoms with Crippen molar-refractivity contribution in [2.24, 2.45) is 5.92 Å². The Kier molecular flexibility index (Phi) is 7.14. The summed E-state index contributed by atoms with van der Waals surface area (Å²) in [6.07, 6.45) is 6.45. The van der Waals surface area contributed by atoms with E-state index in [0.717, 1.165) is 22.6 Å². The van der Waals surface area contributed by atoms with Crippen LogP contribution in [0.2, 0.25) is 0 Å². The predicted octanol–water partition coefficient (Wildman–Crippen LogP) is 4.69. The van der Waals surface area contributed by atoms with Gasteiger partial charge in [-0.1, -0.05) is 43.5 Å². The lowest BCUT2D eigenvalue weighted by molar-refractivity contribution is 0.272. The zero-order valence-corrected chi connectivity index (χ0v) is 19.5. The molecule has 6 heteroatoms. The zero-order valence-electron chi connectivity index (χ0n) is 19.5. The SMILES string of the molecule is COc1ccc(C(N[C@H](C)C2CCCCC2)c2cccc(Nc3c(OC)c(=O)c3=O)c2)cc1. The highest BCUT2D eigenvalue weighted by Crippen LogP contribution is 2.32. The molecule has 1 aliphatic carbocycles. The molecule has 4 rings (SSSR count). The van der Waals surface area contributed by atoms with Gasteiger partial charge in [-0.3, -0.25) is 9.59 Å². The Morgan fingerprint density at radius 1 is 0.879 bits per heavy atom. The minimum absolute atomic E-state index is 0.0239. The van der Waals surface area contributed by atoms with Crippen LogP contribution in [0.4, 0.5) is 11.4 Å². The Bertz CT molecular complexity index is 1140. The second-order valence-corrected chi connectivity index (χ2v) is 8.88. The van der Waals surface area contributed by atoms with Gasteiger partial charge in [-0.25, -0.2) is 0 Å². The number of methoxy groups -OCH3 is 2. The number of ether oxygens (including phenoxy) is 2. The molecule has 33 heavy (non-hydrogen) atoms. The lowest BCUT2D eigenvalue weighted by Crippen LogP contribution is -2.37. The van der Waals surface area contributed by atoms with Crippen molar-refractivity contribution < 1.29 is 9.47 Å². The smallest absolute Gasteiger partial charge is 0.272 e. The zero-order chi connectivity index (χ0) is 23.4. The molecule has 2 atom stereocenters. The summed E-state index contributed by atoms with van der Waals surface area (Å²) >= 11 is 0. The summed E-state index contributed by atoms with van der Waals surface area (Å²) in [5.74, 6) is 1.57. The molecule has 0 saturated heterocycles. The average molecular weight is 449 g/mol. The van der Waals surface area contributed by atoms with Gasteiger partial charge in [0, 0.05) is 11.7 Å². The van der Waals surface area contributed by atoms with E-state index in [-0.39, 0.29) is 17.5 Å². The fourth-order valence-electron chi connectivity index (χ4n) is 4.83. The van der Waals surface area contributed by atoms with Crippen LogP contribution in [0.5, 0.6) is 11.5 Å². The third kappa shape index (κ3) is 4.96. The molecule has 0 amide bonds. The first kappa shape index (κ1) is 23.1. The molecule has 0 aliphatic heterocycles. The largest absolute Gasteiger partial charge is 0.497 e. The highest BCUT2D eigenvalue weighted by molar-refractivity contribution is 5.70. The Balaban J connectivity index is 1.63. The van der Waals surface area contributed by atoms with E-state index in [9.17, 15) is 9.59 Å². The van der Waals surface area contributed by atoms with Gasteiger partial charge in [-0.15, -0.1) is 0 Å². The number of hydrogen-bond donors (Lipinski definition) is 2. The van der Waals surface area contributed by atoms with E-state index in [1.165, 1.54) is 39.2 Å². The van der Waals surface area contributed by atoms with Crippen LogP contribution in [0.25, 0.3) is 0 Å². The predicted molar refractivity (Wildman–Crippen MR) is 132 cm³/mol. The summed E-state index contributed by atoms with van der Waals surface area (Å²) < 4.78 is 10.4. The summed E-state index contributed by atoms with van der Waals surface area (Å²) in [6.45, 7) is 2.28. The van der Waals surface area contributed by atoms with Gasteiger partial charge in [0.15, 0.2) is 5.75 Å². The molecular weight excluding hydrogens is 416 g/mol. The van der Waals surface area contributed by atoms with Crippen LogP contribution in [-0.4, -0.2) is 20.3 Å². The van der Waals surface area contributed by atoms with Gasteiger partial charge in [0.25, 0.3) is 10.9 Å². The summed E-state index contributed by atoms with van der Waals surface area (Å²) in [5.41, 5.74) is 2.03. The van der Waals surface area contributed by atoms with Gasteiger partial charge < -0.3 is 20.1 Å². The molecule has 0 bridgehead atoms. The standard InChI is InChI=1S/C27H32N2O4/c1-17(18-8-5-4-6-9-18)28-23(19-12-14-22(32-2)15-13-19)20-10-7-11-21(16-20)29-24-25(30)26(31)27(24)33-3/h7,10-18,23,28-29H,4-6,8-9H2,1-3H3/t17-,23?/m1/s1. The highest BCUT2D eigenvalue weighted by Gasteiger charge is 2.25. The van der Waals surface area contributed by atoms with Crippen LogP contribution in [-0.2, 0) is 0 Å². The average Bonchev–Trinajstić information content (AvgIpc) is 2.87. The van der Waals surface area contributed by atoms with E-state index < -0.39 is 10.9 Å².